The van der Waals surface area contributed by atoms with Crippen LogP contribution in [-0.4, -0.2) is 11.6 Å². The molecule has 0 spiro atoms. The van der Waals surface area contributed by atoms with Crippen LogP contribution in [0, 0.1) is 5.92 Å². The van der Waals surface area contributed by atoms with Crippen LogP contribution in [-0.2, 0) is 4.79 Å². The van der Waals surface area contributed by atoms with Crippen LogP contribution >= 0.6 is 11.6 Å². The van der Waals surface area contributed by atoms with E-state index in [0.717, 1.165) is 11.1 Å². The average Bonchev–Trinajstić information content (AvgIpc) is 2.68. The molecule has 3 aromatic rings. The number of halogens is 1. The van der Waals surface area contributed by atoms with Crippen molar-refractivity contribution in [3.63, 3.8) is 0 Å². The molecule has 4 heteroatoms. The second-order valence-electron chi connectivity index (χ2n) is 6.62. The Morgan fingerprint density at radius 3 is 2.30 bits per heavy atom. The molecule has 0 aliphatic carbocycles. The average molecular weight is 377 g/mol. The van der Waals surface area contributed by atoms with Crippen LogP contribution in [0.1, 0.15) is 34.3 Å². The van der Waals surface area contributed by atoms with Gasteiger partial charge in [-0.1, -0.05) is 60.1 Å². The van der Waals surface area contributed by atoms with Crippen molar-refractivity contribution in [2.45, 2.75) is 12.8 Å². The maximum absolute atomic E-state index is 13.3. The van der Waals surface area contributed by atoms with E-state index in [9.17, 15) is 9.59 Å². The molecule has 0 saturated carbocycles. The first-order valence-corrected chi connectivity index (χ1v) is 9.10. The quantitative estimate of drug-likeness (QED) is 0.435. The van der Waals surface area contributed by atoms with Crippen molar-refractivity contribution in [3.05, 3.63) is 94.5 Å². The summed E-state index contributed by atoms with van der Waals surface area (Å²) in [6.45, 7) is 1.47. The first-order valence-electron chi connectivity index (χ1n) is 8.72. The summed E-state index contributed by atoms with van der Waals surface area (Å²) in [6, 6.07) is 21.7. The lowest BCUT2D eigenvalue weighted by Crippen LogP contribution is -2.31. The molecular formula is C23H17ClO3. The van der Waals surface area contributed by atoms with Crippen molar-refractivity contribution in [1.82, 2.24) is 0 Å². The van der Waals surface area contributed by atoms with Gasteiger partial charge in [-0.3, -0.25) is 9.59 Å². The first kappa shape index (κ1) is 17.5. The number of ketones is 2. The summed E-state index contributed by atoms with van der Waals surface area (Å²) >= 11 is 6.22. The van der Waals surface area contributed by atoms with Gasteiger partial charge in [-0.15, -0.1) is 0 Å². The molecule has 134 valence electrons. The van der Waals surface area contributed by atoms with E-state index in [4.69, 9.17) is 16.3 Å². The molecule has 0 radical (unpaired) electrons. The van der Waals surface area contributed by atoms with Crippen LogP contribution < -0.4 is 4.74 Å². The SMILES string of the molecule is CC(=O)[C@@H](C(=O)c1ccccc1)[C@@H]1c2ccccc2Oc2ccc(Cl)cc21. The minimum Gasteiger partial charge on any atom is -0.457 e. The van der Waals surface area contributed by atoms with Crippen molar-refractivity contribution in [1.29, 1.82) is 0 Å². The Bertz CT molecular complexity index is 1030. The maximum atomic E-state index is 13.3. The molecule has 0 N–H and O–H groups in total. The van der Waals surface area contributed by atoms with Gasteiger partial charge < -0.3 is 4.74 Å². The summed E-state index contributed by atoms with van der Waals surface area (Å²) in [5, 5.41) is 0.538. The van der Waals surface area contributed by atoms with Gasteiger partial charge in [0.1, 0.15) is 17.3 Å². The molecule has 1 aliphatic rings. The third-order valence-electron chi connectivity index (χ3n) is 4.89. The van der Waals surface area contributed by atoms with Crippen molar-refractivity contribution in [2.75, 3.05) is 0 Å². The fourth-order valence-corrected chi connectivity index (χ4v) is 3.86. The molecule has 1 heterocycles. The van der Waals surface area contributed by atoms with Crippen LogP contribution in [0.15, 0.2) is 72.8 Å². The van der Waals surface area contributed by atoms with Gasteiger partial charge in [0.2, 0.25) is 0 Å². The molecule has 3 aromatic carbocycles. The number of carbonyl (C=O) groups is 2. The summed E-state index contributed by atoms with van der Waals surface area (Å²) in [4.78, 5) is 26.0. The summed E-state index contributed by atoms with van der Waals surface area (Å²) in [7, 11) is 0. The highest BCUT2D eigenvalue weighted by molar-refractivity contribution is 6.30. The first-order chi connectivity index (χ1) is 13.1. The minimum absolute atomic E-state index is 0.184. The topological polar surface area (TPSA) is 43.4 Å². The zero-order valence-corrected chi connectivity index (χ0v) is 15.4. The number of carbonyl (C=O) groups excluding carboxylic acids is 2. The molecule has 3 nitrogen and oxygen atoms in total. The van der Waals surface area contributed by atoms with Crippen molar-refractivity contribution in [3.8, 4) is 11.5 Å². The molecule has 0 fully saturated rings. The van der Waals surface area contributed by atoms with Crippen molar-refractivity contribution in [2.24, 2.45) is 5.92 Å². The van der Waals surface area contributed by atoms with E-state index >= 15 is 0 Å². The van der Waals surface area contributed by atoms with E-state index in [1.165, 1.54) is 6.92 Å². The van der Waals surface area contributed by atoms with E-state index in [-0.39, 0.29) is 11.6 Å². The molecular weight excluding hydrogens is 360 g/mol. The van der Waals surface area contributed by atoms with Crippen molar-refractivity contribution >= 4 is 23.2 Å². The molecule has 27 heavy (non-hydrogen) atoms. The largest absolute Gasteiger partial charge is 0.457 e. The molecule has 1 aliphatic heterocycles. The van der Waals surface area contributed by atoms with Gasteiger partial charge in [-0.25, -0.2) is 0 Å². The van der Waals surface area contributed by atoms with Crippen LogP contribution in [0.3, 0.4) is 0 Å². The molecule has 4 rings (SSSR count). The van der Waals surface area contributed by atoms with Crippen molar-refractivity contribution < 1.29 is 14.3 Å². The monoisotopic (exact) mass is 376 g/mol. The lowest BCUT2D eigenvalue weighted by Gasteiger charge is -2.32. The molecule has 0 unspecified atom stereocenters. The summed E-state index contributed by atoms with van der Waals surface area (Å²) in [5.74, 6) is -0.407. The van der Waals surface area contributed by atoms with Gasteiger partial charge in [0.25, 0.3) is 0 Å². The Morgan fingerprint density at radius 2 is 1.56 bits per heavy atom. The number of hydrogen-bond acceptors (Lipinski definition) is 3. The standard InChI is InChI=1S/C23H17ClO3/c1-14(25)21(23(26)15-7-3-2-4-8-15)22-17-9-5-6-10-19(17)27-20-12-11-16(24)13-18(20)22/h2-13,21-22H,1H3/t21-,22-/m1/s1. The summed E-state index contributed by atoms with van der Waals surface area (Å²) in [5.41, 5.74) is 2.09. The second kappa shape index (κ2) is 7.01. The highest BCUT2D eigenvalue weighted by atomic mass is 35.5. The summed E-state index contributed by atoms with van der Waals surface area (Å²) < 4.78 is 6.00. The Labute approximate surface area is 162 Å². The Kier molecular flexibility index (Phi) is 4.54. The lowest BCUT2D eigenvalue weighted by atomic mass is 9.74. The third kappa shape index (κ3) is 3.15. The van der Waals surface area contributed by atoms with Gasteiger partial charge in [-0.2, -0.15) is 0 Å². The predicted octanol–water partition coefficient (Wildman–Crippen LogP) is 5.67. The molecule has 0 bridgehead atoms. The molecule has 2 atom stereocenters. The number of Topliss-reactive ketones (excluding diaryl/α,β-unsaturated/α-hetero) is 2. The van der Waals surface area contributed by atoms with Crippen LogP contribution in [0.2, 0.25) is 5.02 Å². The van der Waals surface area contributed by atoms with Gasteiger partial charge in [0.15, 0.2) is 5.78 Å². The Morgan fingerprint density at radius 1 is 0.889 bits per heavy atom. The van der Waals surface area contributed by atoms with Crippen LogP contribution in [0.25, 0.3) is 0 Å². The van der Waals surface area contributed by atoms with Gasteiger partial charge in [0, 0.05) is 27.6 Å². The third-order valence-corrected chi connectivity index (χ3v) is 5.13. The smallest absolute Gasteiger partial charge is 0.174 e. The van der Waals surface area contributed by atoms with Crippen LogP contribution in [0.5, 0.6) is 11.5 Å². The molecule has 0 saturated heterocycles. The van der Waals surface area contributed by atoms with E-state index < -0.39 is 11.8 Å². The van der Waals surface area contributed by atoms with Gasteiger partial charge in [0.05, 0.1) is 5.92 Å². The van der Waals surface area contributed by atoms with E-state index in [2.05, 4.69) is 0 Å². The lowest BCUT2D eigenvalue weighted by molar-refractivity contribution is -0.119. The highest BCUT2D eigenvalue weighted by Crippen LogP contribution is 2.48. The maximum Gasteiger partial charge on any atom is 0.174 e. The van der Waals surface area contributed by atoms with E-state index in [1.54, 1.807) is 42.5 Å². The number of hydrogen-bond donors (Lipinski definition) is 0. The molecule has 0 aromatic heterocycles. The van der Waals surface area contributed by atoms with E-state index in [1.807, 2.05) is 30.3 Å². The number of fused-ring (bicyclic) bond motifs is 2. The number of rotatable bonds is 4. The summed E-state index contributed by atoms with van der Waals surface area (Å²) in [6.07, 6.45) is 0. The van der Waals surface area contributed by atoms with Crippen LogP contribution in [0.4, 0.5) is 0 Å². The zero-order valence-electron chi connectivity index (χ0n) is 14.7. The fourth-order valence-electron chi connectivity index (χ4n) is 3.68. The number of para-hydroxylation sites is 1. The Balaban J connectivity index is 1.91. The number of benzene rings is 3. The Hall–Kier alpha value is -2.91. The highest BCUT2D eigenvalue weighted by Gasteiger charge is 2.40. The van der Waals surface area contributed by atoms with Gasteiger partial charge in [-0.05, 0) is 31.2 Å². The molecule has 0 amide bonds. The zero-order chi connectivity index (χ0) is 19.0. The second-order valence-corrected chi connectivity index (χ2v) is 7.05. The van der Waals surface area contributed by atoms with E-state index in [0.29, 0.717) is 22.1 Å². The normalized spacial score (nSPS) is 15.9. The number of ether oxygens (including phenoxy) is 1. The predicted molar refractivity (Wildman–Crippen MR) is 105 cm³/mol. The minimum atomic E-state index is -0.852. The fraction of sp³-hybridized carbons (Fsp3) is 0.130. The van der Waals surface area contributed by atoms with Gasteiger partial charge >= 0.3 is 0 Å².